The van der Waals surface area contributed by atoms with E-state index in [1.807, 2.05) is 7.05 Å². The number of likely N-dealkylation sites (N-methyl/N-ethyl adjacent to an activating group) is 1. The molecule has 0 amide bonds. The average molecular weight is 375 g/mol. The van der Waals surface area contributed by atoms with Crippen molar-refractivity contribution in [2.24, 2.45) is 0 Å². The van der Waals surface area contributed by atoms with Crippen molar-refractivity contribution in [3.05, 3.63) is 55.1 Å². The first-order valence-corrected chi connectivity index (χ1v) is 7.76. The Morgan fingerprint density at radius 1 is 1.24 bits per heavy atom. The fourth-order valence-corrected chi connectivity index (χ4v) is 3.72. The van der Waals surface area contributed by atoms with Crippen molar-refractivity contribution in [3.8, 4) is 0 Å². The maximum absolute atomic E-state index is 3.52. The van der Waals surface area contributed by atoms with E-state index in [4.69, 9.17) is 0 Å². The van der Waals surface area contributed by atoms with Gasteiger partial charge in [-0.3, -0.25) is 0 Å². The van der Waals surface area contributed by atoms with Gasteiger partial charge in [0.05, 0.1) is 3.79 Å². The van der Waals surface area contributed by atoms with Crippen LogP contribution in [0.4, 0.5) is 0 Å². The molecule has 1 aromatic carbocycles. The summed E-state index contributed by atoms with van der Waals surface area (Å²) in [5.74, 6) is 0. The zero-order valence-corrected chi connectivity index (χ0v) is 13.4. The third-order valence-corrected chi connectivity index (χ3v) is 4.77. The van der Waals surface area contributed by atoms with Crippen LogP contribution < -0.4 is 5.32 Å². The Hall–Kier alpha value is -0.160. The molecule has 2 aromatic rings. The predicted octanol–water partition coefficient (Wildman–Crippen LogP) is 4.78. The summed E-state index contributed by atoms with van der Waals surface area (Å²) < 4.78 is 2.32. The van der Waals surface area contributed by atoms with Crippen molar-refractivity contribution in [1.82, 2.24) is 5.32 Å². The van der Waals surface area contributed by atoms with E-state index in [9.17, 15) is 0 Å². The van der Waals surface area contributed by atoms with Gasteiger partial charge in [-0.2, -0.15) is 0 Å². The molecule has 17 heavy (non-hydrogen) atoms. The van der Waals surface area contributed by atoms with Gasteiger partial charge in [0, 0.05) is 21.8 Å². The number of rotatable bonds is 4. The fraction of sp³-hybridized carbons (Fsp3) is 0.231. The number of benzene rings is 1. The molecule has 1 unspecified atom stereocenters. The minimum Gasteiger partial charge on any atom is -0.313 e. The number of thiophene rings is 1. The molecule has 2 rings (SSSR count). The Morgan fingerprint density at radius 3 is 2.65 bits per heavy atom. The Kier molecular flexibility index (Phi) is 4.79. The van der Waals surface area contributed by atoms with Crippen LogP contribution in [-0.4, -0.2) is 7.05 Å². The zero-order valence-electron chi connectivity index (χ0n) is 9.41. The summed E-state index contributed by atoms with van der Waals surface area (Å²) in [4.78, 5) is 1.39. The monoisotopic (exact) mass is 373 g/mol. The first-order chi connectivity index (χ1) is 8.19. The lowest BCUT2D eigenvalue weighted by molar-refractivity contribution is 0.596. The molecule has 0 saturated heterocycles. The van der Waals surface area contributed by atoms with Gasteiger partial charge < -0.3 is 5.32 Å². The number of hydrogen-bond donors (Lipinski definition) is 1. The molecular weight excluding hydrogens is 362 g/mol. The van der Waals surface area contributed by atoms with E-state index in [2.05, 4.69) is 73.6 Å². The lowest BCUT2D eigenvalue weighted by Crippen LogP contribution is -2.18. The number of nitrogens with one attached hydrogen (secondary N) is 1. The fourth-order valence-electron chi connectivity index (χ4n) is 1.77. The van der Waals surface area contributed by atoms with Crippen molar-refractivity contribution < 1.29 is 0 Å². The maximum Gasteiger partial charge on any atom is 0.0701 e. The van der Waals surface area contributed by atoms with Crippen LogP contribution in [0, 0.1) is 0 Å². The van der Waals surface area contributed by atoms with Gasteiger partial charge in [-0.1, -0.05) is 28.1 Å². The summed E-state index contributed by atoms with van der Waals surface area (Å²) in [6.45, 7) is 0. The van der Waals surface area contributed by atoms with Crippen molar-refractivity contribution in [2.45, 2.75) is 12.5 Å². The quantitative estimate of drug-likeness (QED) is 0.812. The molecule has 1 nitrogen and oxygen atoms in total. The van der Waals surface area contributed by atoms with Gasteiger partial charge in [0.2, 0.25) is 0 Å². The molecule has 1 heterocycles. The third-order valence-electron chi connectivity index (χ3n) is 2.63. The predicted molar refractivity (Wildman–Crippen MR) is 81.7 cm³/mol. The second-order valence-corrected chi connectivity index (χ2v) is 7.27. The maximum atomic E-state index is 3.52. The second-order valence-electron chi connectivity index (χ2n) is 3.81. The van der Waals surface area contributed by atoms with E-state index in [1.165, 1.54) is 14.2 Å². The second kappa shape index (κ2) is 6.14. The molecule has 1 atom stereocenters. The van der Waals surface area contributed by atoms with Gasteiger partial charge in [-0.05, 0) is 52.8 Å². The van der Waals surface area contributed by atoms with Crippen molar-refractivity contribution in [2.75, 3.05) is 7.05 Å². The SMILES string of the molecule is CNC(Cc1ccc(Br)s1)c1cccc(Br)c1. The van der Waals surface area contributed by atoms with Crippen LogP contribution in [0.5, 0.6) is 0 Å². The molecule has 0 aliphatic carbocycles. The molecule has 0 fully saturated rings. The third kappa shape index (κ3) is 3.65. The molecule has 0 spiro atoms. The zero-order chi connectivity index (χ0) is 12.3. The van der Waals surface area contributed by atoms with Crippen LogP contribution in [-0.2, 0) is 6.42 Å². The van der Waals surface area contributed by atoms with Gasteiger partial charge in [0.1, 0.15) is 0 Å². The largest absolute Gasteiger partial charge is 0.313 e. The van der Waals surface area contributed by atoms with Gasteiger partial charge in [-0.25, -0.2) is 0 Å². The van der Waals surface area contributed by atoms with Gasteiger partial charge in [0.25, 0.3) is 0 Å². The molecule has 1 N–H and O–H groups in total. The van der Waals surface area contributed by atoms with E-state index >= 15 is 0 Å². The van der Waals surface area contributed by atoms with Crippen LogP contribution in [0.25, 0.3) is 0 Å². The summed E-state index contributed by atoms with van der Waals surface area (Å²) in [7, 11) is 2.01. The summed E-state index contributed by atoms with van der Waals surface area (Å²) in [5.41, 5.74) is 1.31. The molecule has 0 bridgehead atoms. The highest BCUT2D eigenvalue weighted by atomic mass is 79.9. The normalized spacial score (nSPS) is 12.6. The lowest BCUT2D eigenvalue weighted by atomic mass is 10.0. The minimum atomic E-state index is 0.359. The highest BCUT2D eigenvalue weighted by molar-refractivity contribution is 9.11. The topological polar surface area (TPSA) is 12.0 Å². The molecule has 0 aliphatic heterocycles. The van der Waals surface area contributed by atoms with Crippen LogP contribution in [0.2, 0.25) is 0 Å². The van der Waals surface area contributed by atoms with E-state index in [0.717, 1.165) is 10.9 Å². The summed E-state index contributed by atoms with van der Waals surface area (Å²) >= 11 is 8.81. The average Bonchev–Trinajstić information content (AvgIpc) is 2.72. The van der Waals surface area contributed by atoms with Crippen LogP contribution in [0.3, 0.4) is 0 Å². The van der Waals surface area contributed by atoms with E-state index in [-0.39, 0.29) is 0 Å². The molecule has 1 aromatic heterocycles. The summed E-state index contributed by atoms with van der Waals surface area (Å²) in [6.07, 6.45) is 1.02. The first kappa shape index (κ1) is 13.3. The number of halogens is 2. The van der Waals surface area contributed by atoms with Gasteiger partial charge >= 0.3 is 0 Å². The van der Waals surface area contributed by atoms with E-state index in [1.54, 1.807) is 11.3 Å². The van der Waals surface area contributed by atoms with Crippen molar-refractivity contribution >= 4 is 43.2 Å². The molecule has 90 valence electrons. The van der Waals surface area contributed by atoms with E-state index in [0.29, 0.717) is 6.04 Å². The molecule has 0 aliphatic rings. The van der Waals surface area contributed by atoms with E-state index < -0.39 is 0 Å². The Labute approximate surface area is 123 Å². The standard InChI is InChI=1S/C13H13Br2NS/c1-16-12(8-11-5-6-13(15)17-11)9-3-2-4-10(14)7-9/h2-7,12,16H,8H2,1H3. The van der Waals surface area contributed by atoms with Crippen LogP contribution in [0.15, 0.2) is 44.7 Å². The van der Waals surface area contributed by atoms with Crippen molar-refractivity contribution in [3.63, 3.8) is 0 Å². The summed E-state index contributed by atoms with van der Waals surface area (Å²) in [5, 5.41) is 3.37. The summed E-state index contributed by atoms with van der Waals surface area (Å²) in [6, 6.07) is 13.1. The molecular formula is C13H13Br2NS. The number of hydrogen-bond acceptors (Lipinski definition) is 2. The Morgan fingerprint density at radius 2 is 2.06 bits per heavy atom. The van der Waals surface area contributed by atoms with Gasteiger partial charge in [0.15, 0.2) is 0 Å². The van der Waals surface area contributed by atoms with Crippen molar-refractivity contribution in [1.29, 1.82) is 0 Å². The highest BCUT2D eigenvalue weighted by Gasteiger charge is 2.11. The lowest BCUT2D eigenvalue weighted by Gasteiger charge is -2.16. The van der Waals surface area contributed by atoms with Crippen LogP contribution >= 0.6 is 43.2 Å². The molecule has 0 radical (unpaired) electrons. The van der Waals surface area contributed by atoms with Crippen LogP contribution in [0.1, 0.15) is 16.5 Å². The first-order valence-electron chi connectivity index (χ1n) is 5.36. The van der Waals surface area contributed by atoms with Gasteiger partial charge in [-0.15, -0.1) is 11.3 Å². The Bertz CT molecular complexity index is 496. The highest BCUT2D eigenvalue weighted by Crippen LogP contribution is 2.27. The molecule has 4 heteroatoms. The Balaban J connectivity index is 2.16. The smallest absolute Gasteiger partial charge is 0.0701 e. The molecule has 0 saturated carbocycles. The minimum absolute atomic E-state index is 0.359.